The first-order valence-electron chi connectivity index (χ1n) is 13.5. The van der Waals surface area contributed by atoms with E-state index in [9.17, 15) is 5.11 Å². The Bertz CT molecular complexity index is 1460. The molecule has 0 aliphatic carbocycles. The zero-order valence-corrected chi connectivity index (χ0v) is 24.0. The standard InChI is InChI=1S/C31H39N7O2/c1-7-9-29(39)33-23-11-8-10-22(19-23)30-35-27-14-13-25(40-17-16-37(4)5)20-26(27)31(36-30)34-24-12-15-28(21(2)18-24)38(6)32-3/h8,10-15,18-20,29,33,39H,3,7,9,16-17H2,1-2,4-6H3,(H,34,35,36). The third-order valence-corrected chi connectivity index (χ3v) is 6.51. The summed E-state index contributed by atoms with van der Waals surface area (Å²) in [7, 11) is 5.91. The Morgan fingerprint density at radius 2 is 1.85 bits per heavy atom. The zero-order chi connectivity index (χ0) is 28.6. The van der Waals surface area contributed by atoms with Crippen LogP contribution in [-0.2, 0) is 0 Å². The number of aliphatic hydroxyl groups is 1. The molecule has 9 heteroatoms. The van der Waals surface area contributed by atoms with Crippen molar-refractivity contribution in [2.45, 2.75) is 32.9 Å². The molecule has 0 aliphatic heterocycles. The second kappa shape index (κ2) is 13.2. The number of fused-ring (bicyclic) bond motifs is 1. The topological polar surface area (TPSA) is 98.1 Å². The summed E-state index contributed by atoms with van der Waals surface area (Å²) >= 11 is 0. The van der Waals surface area contributed by atoms with Gasteiger partial charge >= 0.3 is 0 Å². The van der Waals surface area contributed by atoms with Crippen molar-refractivity contribution in [2.24, 2.45) is 5.10 Å². The van der Waals surface area contributed by atoms with Crippen molar-refractivity contribution in [1.82, 2.24) is 14.9 Å². The lowest BCUT2D eigenvalue weighted by Crippen LogP contribution is -2.19. The van der Waals surface area contributed by atoms with Gasteiger partial charge in [0.1, 0.15) is 24.4 Å². The van der Waals surface area contributed by atoms with Crippen LogP contribution in [0.25, 0.3) is 22.3 Å². The molecule has 4 aromatic rings. The minimum atomic E-state index is -0.609. The van der Waals surface area contributed by atoms with Crippen molar-refractivity contribution in [3.63, 3.8) is 0 Å². The van der Waals surface area contributed by atoms with Gasteiger partial charge < -0.3 is 25.4 Å². The quantitative estimate of drug-likeness (QED) is 0.110. The lowest BCUT2D eigenvalue weighted by Gasteiger charge is -2.17. The summed E-state index contributed by atoms with van der Waals surface area (Å²) in [6.45, 7) is 9.09. The van der Waals surface area contributed by atoms with Crippen molar-refractivity contribution >= 4 is 40.5 Å². The van der Waals surface area contributed by atoms with Gasteiger partial charge in [-0.25, -0.2) is 9.97 Å². The van der Waals surface area contributed by atoms with Crippen molar-refractivity contribution in [3.05, 3.63) is 66.2 Å². The molecular weight excluding hydrogens is 502 g/mol. The molecule has 0 saturated heterocycles. The zero-order valence-electron chi connectivity index (χ0n) is 24.0. The lowest BCUT2D eigenvalue weighted by molar-refractivity contribution is 0.192. The Hall–Kier alpha value is -4.21. The Labute approximate surface area is 236 Å². The Kier molecular flexibility index (Phi) is 9.52. The monoisotopic (exact) mass is 541 g/mol. The average molecular weight is 542 g/mol. The number of likely N-dealkylation sites (N-methyl/N-ethyl adjacent to an activating group) is 1. The van der Waals surface area contributed by atoms with Gasteiger partial charge in [-0.1, -0.05) is 25.5 Å². The molecule has 0 bridgehead atoms. The number of rotatable bonds is 13. The molecule has 1 atom stereocenters. The number of benzene rings is 3. The maximum Gasteiger partial charge on any atom is 0.162 e. The molecule has 4 rings (SSSR count). The smallest absolute Gasteiger partial charge is 0.162 e. The largest absolute Gasteiger partial charge is 0.492 e. The molecule has 0 fully saturated rings. The van der Waals surface area contributed by atoms with Crippen molar-refractivity contribution < 1.29 is 9.84 Å². The molecule has 210 valence electrons. The van der Waals surface area contributed by atoms with Gasteiger partial charge in [0.15, 0.2) is 5.82 Å². The third-order valence-electron chi connectivity index (χ3n) is 6.51. The number of hydrogen-bond acceptors (Lipinski definition) is 9. The molecular formula is C31H39N7O2. The Balaban J connectivity index is 1.74. The normalized spacial score (nSPS) is 11.9. The predicted molar refractivity (Wildman–Crippen MR) is 166 cm³/mol. The number of aliphatic hydroxyl groups excluding tert-OH is 1. The molecule has 1 aromatic heterocycles. The van der Waals surface area contributed by atoms with E-state index in [1.165, 1.54) is 0 Å². The van der Waals surface area contributed by atoms with Crippen LogP contribution in [0, 0.1) is 6.92 Å². The van der Waals surface area contributed by atoms with E-state index < -0.39 is 6.23 Å². The fourth-order valence-electron chi connectivity index (χ4n) is 4.36. The number of aromatic nitrogens is 2. The summed E-state index contributed by atoms with van der Waals surface area (Å²) < 4.78 is 6.01. The number of hydrazone groups is 1. The van der Waals surface area contributed by atoms with E-state index in [4.69, 9.17) is 14.7 Å². The average Bonchev–Trinajstić information content (AvgIpc) is 2.93. The van der Waals surface area contributed by atoms with Gasteiger partial charge in [-0.3, -0.25) is 5.01 Å². The maximum absolute atomic E-state index is 10.2. The van der Waals surface area contributed by atoms with E-state index in [0.717, 1.165) is 57.8 Å². The minimum Gasteiger partial charge on any atom is -0.492 e. The Morgan fingerprint density at radius 1 is 1.02 bits per heavy atom. The highest BCUT2D eigenvalue weighted by Crippen LogP contribution is 2.32. The van der Waals surface area contributed by atoms with Gasteiger partial charge in [0.25, 0.3) is 0 Å². The summed E-state index contributed by atoms with van der Waals surface area (Å²) in [5.74, 6) is 2.01. The highest BCUT2D eigenvalue weighted by atomic mass is 16.5. The van der Waals surface area contributed by atoms with Crippen LogP contribution in [0.5, 0.6) is 5.75 Å². The summed E-state index contributed by atoms with van der Waals surface area (Å²) in [6.07, 6.45) is 0.946. The fraction of sp³-hybridized carbons (Fsp3) is 0.323. The predicted octanol–water partition coefficient (Wildman–Crippen LogP) is 5.87. The van der Waals surface area contributed by atoms with E-state index in [-0.39, 0.29) is 0 Å². The van der Waals surface area contributed by atoms with Gasteiger partial charge in [0.05, 0.1) is 11.2 Å². The van der Waals surface area contributed by atoms with Crippen LogP contribution < -0.4 is 20.4 Å². The van der Waals surface area contributed by atoms with E-state index in [1.54, 1.807) is 5.01 Å². The molecule has 0 saturated carbocycles. The number of anilines is 4. The summed E-state index contributed by atoms with van der Waals surface area (Å²) in [6, 6.07) is 19.7. The molecule has 0 radical (unpaired) electrons. The van der Waals surface area contributed by atoms with E-state index in [0.29, 0.717) is 24.7 Å². The summed E-state index contributed by atoms with van der Waals surface area (Å²) in [5, 5.41) is 23.5. The summed E-state index contributed by atoms with van der Waals surface area (Å²) in [4.78, 5) is 11.9. The minimum absolute atomic E-state index is 0.578. The molecule has 40 heavy (non-hydrogen) atoms. The second-order valence-corrected chi connectivity index (χ2v) is 10.0. The SMILES string of the molecule is C=NN(C)c1ccc(Nc2nc(-c3cccc(NC(O)CCC)c3)nc3ccc(OCCN(C)C)cc23)cc1C. The fourth-order valence-corrected chi connectivity index (χ4v) is 4.36. The number of nitrogens with one attached hydrogen (secondary N) is 2. The third kappa shape index (κ3) is 7.25. The van der Waals surface area contributed by atoms with Crippen LogP contribution in [0.15, 0.2) is 65.8 Å². The van der Waals surface area contributed by atoms with Crippen molar-refractivity contribution in [1.29, 1.82) is 0 Å². The number of aryl methyl sites for hydroxylation is 1. The van der Waals surface area contributed by atoms with Gasteiger partial charge in [-0.2, -0.15) is 5.10 Å². The first kappa shape index (κ1) is 28.8. The van der Waals surface area contributed by atoms with Crippen LogP contribution in [0.2, 0.25) is 0 Å². The highest BCUT2D eigenvalue weighted by Gasteiger charge is 2.14. The van der Waals surface area contributed by atoms with Gasteiger partial charge in [0, 0.05) is 42.6 Å². The molecule has 3 N–H and O–H groups in total. The lowest BCUT2D eigenvalue weighted by atomic mass is 10.1. The van der Waals surface area contributed by atoms with Crippen LogP contribution in [0.1, 0.15) is 25.3 Å². The van der Waals surface area contributed by atoms with Crippen LogP contribution >= 0.6 is 0 Å². The van der Waals surface area contributed by atoms with Crippen LogP contribution in [-0.4, -0.2) is 67.2 Å². The van der Waals surface area contributed by atoms with Gasteiger partial charge in [-0.05, 0) is 81.5 Å². The first-order chi connectivity index (χ1) is 19.3. The van der Waals surface area contributed by atoms with E-state index in [1.807, 2.05) is 89.6 Å². The van der Waals surface area contributed by atoms with Crippen LogP contribution in [0.3, 0.4) is 0 Å². The maximum atomic E-state index is 10.2. The Morgan fingerprint density at radius 3 is 2.58 bits per heavy atom. The highest BCUT2D eigenvalue weighted by molar-refractivity contribution is 5.93. The molecule has 3 aromatic carbocycles. The van der Waals surface area contributed by atoms with Crippen LogP contribution in [0.4, 0.5) is 22.9 Å². The van der Waals surface area contributed by atoms with Gasteiger partial charge in [-0.15, -0.1) is 0 Å². The van der Waals surface area contributed by atoms with Crippen molar-refractivity contribution in [3.8, 4) is 17.1 Å². The molecule has 1 unspecified atom stereocenters. The molecule has 9 nitrogen and oxygen atoms in total. The van der Waals surface area contributed by atoms with Crippen molar-refractivity contribution in [2.75, 3.05) is 49.9 Å². The molecule has 1 heterocycles. The molecule has 0 amide bonds. The van der Waals surface area contributed by atoms with E-state index >= 15 is 0 Å². The molecule has 0 aliphatic rings. The number of hydrogen-bond donors (Lipinski definition) is 3. The summed E-state index contributed by atoms with van der Waals surface area (Å²) in [5.41, 5.74) is 5.36. The number of ether oxygens (including phenoxy) is 1. The number of nitrogens with zero attached hydrogens (tertiary/aromatic N) is 5. The first-order valence-corrected chi connectivity index (χ1v) is 13.5. The van der Waals surface area contributed by atoms with E-state index in [2.05, 4.69) is 33.4 Å². The van der Waals surface area contributed by atoms with Gasteiger partial charge in [0.2, 0.25) is 0 Å². The second-order valence-electron chi connectivity index (χ2n) is 10.0. The molecule has 0 spiro atoms.